The van der Waals surface area contributed by atoms with E-state index in [0.717, 1.165) is 16.3 Å². The number of carbonyl (C=O) groups is 6. The molecule has 0 aliphatic carbocycles. The molecule has 14 nitrogen and oxygen atoms in total. The molecule has 2 aliphatic heterocycles. The fourth-order valence-electron chi connectivity index (χ4n) is 4.33. The van der Waals surface area contributed by atoms with Crippen LogP contribution in [-0.4, -0.2) is 96.5 Å². The van der Waals surface area contributed by atoms with E-state index in [1.807, 2.05) is 0 Å². The maximum atomic E-state index is 13.3. The summed E-state index contributed by atoms with van der Waals surface area (Å²) >= 11 is 11.9. The standard InChI is InChI=1S/C23H26Cl2N4O10S/c1-40(37,38)27-14-7-8-18(31)28-9-3-6-16(29(28)22(14)35)21(34)26-15(10-19(32)33)17(30)11-39-23(36)20-12(24)4-2-5-13(20)25/h2,4-5,14-16,27H,3,6-11H2,1H3,(H,26,34)(H,32,33)/t14?,15-,16-/m0/s1. The predicted octanol–water partition coefficient (Wildman–Crippen LogP) is 0.125. The van der Waals surface area contributed by atoms with Crippen molar-refractivity contribution >= 4 is 68.7 Å². The molecule has 40 heavy (non-hydrogen) atoms. The fourth-order valence-corrected chi connectivity index (χ4v) is 5.62. The summed E-state index contributed by atoms with van der Waals surface area (Å²) in [6.45, 7) is -0.838. The van der Waals surface area contributed by atoms with Crippen molar-refractivity contribution in [3.63, 3.8) is 0 Å². The molecule has 1 aromatic rings. The number of aliphatic carboxylic acids is 1. The van der Waals surface area contributed by atoms with Crippen molar-refractivity contribution in [2.24, 2.45) is 0 Å². The fraction of sp³-hybridized carbons (Fsp3) is 0.478. The van der Waals surface area contributed by atoms with Gasteiger partial charge in [0.2, 0.25) is 21.8 Å². The van der Waals surface area contributed by atoms with Gasteiger partial charge in [0.05, 0.1) is 28.3 Å². The van der Waals surface area contributed by atoms with Crippen molar-refractivity contribution < 1.29 is 47.0 Å². The topological polar surface area (TPSA) is 197 Å². The second kappa shape index (κ2) is 12.9. The van der Waals surface area contributed by atoms with Crippen LogP contribution < -0.4 is 10.0 Å². The van der Waals surface area contributed by atoms with Crippen molar-refractivity contribution in [3.05, 3.63) is 33.8 Å². The van der Waals surface area contributed by atoms with Crippen molar-refractivity contribution in [3.8, 4) is 0 Å². The minimum atomic E-state index is -3.84. The number of ether oxygens (including phenoxy) is 1. The number of ketones is 1. The van der Waals surface area contributed by atoms with Crippen LogP contribution in [0.5, 0.6) is 0 Å². The number of carboxylic acid groups (broad SMARTS) is 1. The van der Waals surface area contributed by atoms with E-state index < -0.39 is 76.6 Å². The number of Topliss-reactive ketones (excluding diaryl/α,β-unsaturated/α-hetero) is 1. The van der Waals surface area contributed by atoms with Crippen molar-refractivity contribution in [2.75, 3.05) is 19.4 Å². The van der Waals surface area contributed by atoms with Gasteiger partial charge in [-0.25, -0.2) is 22.9 Å². The molecule has 0 radical (unpaired) electrons. The number of fused-ring (bicyclic) bond motifs is 1. The molecule has 17 heteroatoms. The van der Waals surface area contributed by atoms with Crippen LogP contribution in [0.15, 0.2) is 18.2 Å². The highest BCUT2D eigenvalue weighted by molar-refractivity contribution is 7.88. The van der Waals surface area contributed by atoms with Gasteiger partial charge in [0.25, 0.3) is 5.91 Å². The van der Waals surface area contributed by atoms with Crippen LogP contribution in [0, 0.1) is 0 Å². The minimum Gasteiger partial charge on any atom is -0.481 e. The zero-order valence-corrected chi connectivity index (χ0v) is 23.4. The molecule has 2 saturated heterocycles. The van der Waals surface area contributed by atoms with E-state index in [1.54, 1.807) is 0 Å². The molecular formula is C23H26Cl2N4O10S. The molecule has 0 aromatic heterocycles. The summed E-state index contributed by atoms with van der Waals surface area (Å²) < 4.78 is 30.7. The smallest absolute Gasteiger partial charge is 0.341 e. The van der Waals surface area contributed by atoms with Gasteiger partial charge in [0.1, 0.15) is 18.1 Å². The Morgan fingerprint density at radius 3 is 2.40 bits per heavy atom. The third-order valence-corrected chi connectivity index (χ3v) is 7.46. The summed E-state index contributed by atoms with van der Waals surface area (Å²) in [6, 6.07) is -0.0995. The Kier molecular flexibility index (Phi) is 10.1. The average Bonchev–Trinajstić information content (AvgIpc) is 2.97. The number of hydrogen-bond donors (Lipinski definition) is 3. The molecule has 3 amide bonds. The molecule has 2 fully saturated rings. The molecule has 2 heterocycles. The SMILES string of the molecule is CS(=O)(=O)NC1CCC(=O)N2CCC[C@@H](C(=O)N[C@@H](CC(=O)O)C(=O)COC(=O)c3c(Cl)cccc3Cl)N2C1=O. The third kappa shape index (κ3) is 7.68. The van der Waals surface area contributed by atoms with Gasteiger partial charge >= 0.3 is 11.9 Å². The average molecular weight is 621 g/mol. The molecule has 1 aromatic carbocycles. The van der Waals surface area contributed by atoms with Crippen molar-refractivity contribution in [2.45, 2.75) is 50.2 Å². The van der Waals surface area contributed by atoms with Gasteiger partial charge in [-0.15, -0.1) is 0 Å². The number of esters is 1. The first-order chi connectivity index (χ1) is 18.7. The predicted molar refractivity (Wildman–Crippen MR) is 139 cm³/mol. The highest BCUT2D eigenvalue weighted by Crippen LogP contribution is 2.26. The Hall–Kier alpha value is -3.27. The van der Waals surface area contributed by atoms with Gasteiger partial charge in [-0.05, 0) is 31.4 Å². The number of halogens is 2. The second-order valence-electron chi connectivity index (χ2n) is 9.14. The van der Waals surface area contributed by atoms with Gasteiger partial charge in [0.15, 0.2) is 12.4 Å². The van der Waals surface area contributed by atoms with Gasteiger partial charge in [-0.2, -0.15) is 0 Å². The van der Waals surface area contributed by atoms with Crippen molar-refractivity contribution in [1.29, 1.82) is 0 Å². The van der Waals surface area contributed by atoms with Gasteiger partial charge in [-0.3, -0.25) is 29.0 Å². The molecule has 218 valence electrons. The van der Waals surface area contributed by atoms with E-state index in [4.69, 9.17) is 27.9 Å². The van der Waals surface area contributed by atoms with Crippen LogP contribution in [0.25, 0.3) is 0 Å². The molecular weight excluding hydrogens is 595 g/mol. The zero-order chi connectivity index (χ0) is 29.8. The van der Waals surface area contributed by atoms with Crippen LogP contribution in [0.1, 0.15) is 42.5 Å². The lowest BCUT2D eigenvalue weighted by atomic mass is 10.0. The molecule has 0 saturated carbocycles. The summed E-state index contributed by atoms with van der Waals surface area (Å²) in [5, 5.41) is 13.4. The number of hydrogen-bond acceptors (Lipinski definition) is 9. The largest absolute Gasteiger partial charge is 0.481 e. The van der Waals surface area contributed by atoms with E-state index >= 15 is 0 Å². The monoisotopic (exact) mass is 620 g/mol. The first-order valence-corrected chi connectivity index (χ1v) is 14.6. The Labute approximate surface area is 238 Å². The number of benzene rings is 1. The molecule has 3 rings (SSSR count). The number of carbonyl (C=O) groups excluding carboxylic acids is 5. The number of nitrogens with zero attached hydrogens (tertiary/aromatic N) is 2. The number of sulfonamides is 1. The molecule has 3 atom stereocenters. The lowest BCUT2D eigenvalue weighted by molar-refractivity contribution is -0.176. The summed E-state index contributed by atoms with van der Waals surface area (Å²) in [5.41, 5.74) is -0.207. The molecule has 1 unspecified atom stereocenters. The Morgan fingerprint density at radius 1 is 1.15 bits per heavy atom. The highest BCUT2D eigenvalue weighted by atomic mass is 35.5. The van der Waals surface area contributed by atoms with E-state index in [-0.39, 0.29) is 41.4 Å². The first-order valence-electron chi connectivity index (χ1n) is 12.0. The van der Waals surface area contributed by atoms with Crippen molar-refractivity contribution in [1.82, 2.24) is 20.1 Å². The maximum absolute atomic E-state index is 13.3. The summed E-state index contributed by atoms with van der Waals surface area (Å²) in [6.07, 6.45) is 0.0144. The number of hydrazine groups is 1. The van der Waals surface area contributed by atoms with E-state index in [9.17, 15) is 42.3 Å². The van der Waals surface area contributed by atoms with Crippen LogP contribution in [0.3, 0.4) is 0 Å². The molecule has 0 bridgehead atoms. The highest BCUT2D eigenvalue weighted by Gasteiger charge is 2.45. The molecule has 2 aliphatic rings. The third-order valence-electron chi connectivity index (χ3n) is 6.12. The molecule has 3 N–H and O–H groups in total. The quantitative estimate of drug-likeness (QED) is 0.302. The number of rotatable bonds is 10. The maximum Gasteiger partial charge on any atom is 0.341 e. The van der Waals surface area contributed by atoms with Crippen LogP contribution in [0.4, 0.5) is 0 Å². The van der Waals surface area contributed by atoms with Crippen LogP contribution in [-0.2, 0) is 38.7 Å². The lowest BCUT2D eigenvalue weighted by Gasteiger charge is -2.43. The minimum absolute atomic E-state index is 0.0393. The Bertz CT molecular complexity index is 1320. The van der Waals surface area contributed by atoms with Gasteiger partial charge in [-0.1, -0.05) is 29.3 Å². The summed E-state index contributed by atoms with van der Waals surface area (Å²) in [4.78, 5) is 75.9. The lowest BCUT2D eigenvalue weighted by Crippen LogP contribution is -2.64. The van der Waals surface area contributed by atoms with E-state index in [0.29, 0.717) is 6.42 Å². The van der Waals surface area contributed by atoms with E-state index in [2.05, 4.69) is 10.0 Å². The van der Waals surface area contributed by atoms with Crippen LogP contribution >= 0.6 is 23.2 Å². The normalized spacial score (nSPS) is 20.3. The summed E-state index contributed by atoms with van der Waals surface area (Å²) in [7, 11) is -3.84. The van der Waals surface area contributed by atoms with Crippen LogP contribution in [0.2, 0.25) is 10.0 Å². The Morgan fingerprint density at radius 2 is 1.80 bits per heavy atom. The zero-order valence-electron chi connectivity index (χ0n) is 21.1. The van der Waals surface area contributed by atoms with E-state index in [1.165, 1.54) is 18.2 Å². The number of amides is 3. The van der Waals surface area contributed by atoms with Gasteiger partial charge in [0, 0.05) is 13.0 Å². The second-order valence-corrected chi connectivity index (χ2v) is 11.7. The molecule has 0 spiro atoms. The number of carboxylic acids is 1. The number of nitrogens with one attached hydrogen (secondary N) is 2. The summed E-state index contributed by atoms with van der Waals surface area (Å²) in [5.74, 6) is -5.79. The Balaban J connectivity index is 1.78. The first kappa shape index (κ1) is 31.3. The van der Waals surface area contributed by atoms with Gasteiger partial charge < -0.3 is 15.2 Å².